The van der Waals surface area contributed by atoms with Crippen LogP contribution in [0, 0.1) is 11.8 Å². The lowest BCUT2D eigenvalue weighted by Gasteiger charge is -2.14. The highest BCUT2D eigenvalue weighted by Crippen LogP contribution is 2.07. The van der Waals surface area contributed by atoms with Crippen molar-refractivity contribution in [2.24, 2.45) is 11.8 Å². The van der Waals surface area contributed by atoms with Crippen molar-refractivity contribution in [2.75, 3.05) is 19.6 Å². The average molecular weight is 236 g/mol. The summed E-state index contributed by atoms with van der Waals surface area (Å²) in [5.74, 6) is 0.738. The highest BCUT2D eigenvalue weighted by Gasteiger charge is 2.22. The number of hydrogen-bond acceptors (Lipinski definition) is 3. The molecule has 1 aliphatic rings. The molecule has 0 aliphatic carbocycles. The Kier molecular flexibility index (Phi) is 4.14. The Morgan fingerprint density at radius 1 is 1.71 bits per heavy atom. The van der Waals surface area contributed by atoms with Crippen molar-refractivity contribution < 1.29 is 4.79 Å². The molecule has 2 rings (SSSR count). The zero-order valence-electron chi connectivity index (χ0n) is 10.2. The number of amides is 1. The summed E-state index contributed by atoms with van der Waals surface area (Å²) in [4.78, 5) is 11.8. The molecule has 0 bridgehead atoms. The Hall–Kier alpha value is -1.36. The van der Waals surface area contributed by atoms with Crippen LogP contribution in [0.5, 0.6) is 0 Å². The van der Waals surface area contributed by atoms with Crippen molar-refractivity contribution in [3.63, 3.8) is 0 Å². The Bertz CT molecular complexity index is 343. The molecule has 1 aromatic heterocycles. The second-order valence-electron chi connectivity index (χ2n) is 4.77. The molecule has 5 nitrogen and oxygen atoms in total. The van der Waals surface area contributed by atoms with Gasteiger partial charge in [0.1, 0.15) is 0 Å². The van der Waals surface area contributed by atoms with E-state index in [1.54, 1.807) is 6.20 Å². The van der Waals surface area contributed by atoms with E-state index in [4.69, 9.17) is 0 Å². The summed E-state index contributed by atoms with van der Waals surface area (Å²) in [6.45, 7) is 5.46. The minimum absolute atomic E-state index is 0.159. The first-order chi connectivity index (χ1) is 8.25. The van der Waals surface area contributed by atoms with E-state index in [1.165, 1.54) is 0 Å². The van der Waals surface area contributed by atoms with Gasteiger partial charge in [0.25, 0.3) is 0 Å². The molecule has 2 heterocycles. The molecule has 0 aromatic carbocycles. The molecular weight excluding hydrogens is 216 g/mol. The van der Waals surface area contributed by atoms with Crippen LogP contribution in [0.3, 0.4) is 0 Å². The molecule has 1 aliphatic heterocycles. The highest BCUT2D eigenvalue weighted by atomic mass is 16.1. The summed E-state index contributed by atoms with van der Waals surface area (Å²) in [6.07, 6.45) is 4.67. The molecular formula is C12H20N4O. The van der Waals surface area contributed by atoms with Crippen molar-refractivity contribution in [2.45, 2.75) is 19.9 Å². The molecule has 0 saturated carbocycles. The lowest BCUT2D eigenvalue weighted by Crippen LogP contribution is -2.35. The van der Waals surface area contributed by atoms with Crippen LogP contribution in [0.15, 0.2) is 18.5 Å². The number of nitrogens with zero attached hydrogens (tertiary/aromatic N) is 2. The minimum atomic E-state index is 0.159. The van der Waals surface area contributed by atoms with Gasteiger partial charge in [0.15, 0.2) is 0 Å². The van der Waals surface area contributed by atoms with Gasteiger partial charge >= 0.3 is 0 Å². The summed E-state index contributed by atoms with van der Waals surface area (Å²) in [5.41, 5.74) is 0. The third-order valence-corrected chi connectivity index (χ3v) is 3.11. The minimum Gasteiger partial charge on any atom is -0.355 e. The van der Waals surface area contributed by atoms with Crippen LogP contribution >= 0.6 is 0 Å². The largest absolute Gasteiger partial charge is 0.355 e. The fourth-order valence-electron chi connectivity index (χ4n) is 2.09. The molecule has 1 fully saturated rings. The predicted octanol–water partition coefficient (Wildman–Crippen LogP) is 0.245. The normalized spacial score (nSPS) is 21.4. The second kappa shape index (κ2) is 5.82. The van der Waals surface area contributed by atoms with Gasteiger partial charge in [-0.3, -0.25) is 9.48 Å². The van der Waals surface area contributed by atoms with Gasteiger partial charge < -0.3 is 10.6 Å². The van der Waals surface area contributed by atoms with Gasteiger partial charge in [-0.25, -0.2) is 0 Å². The molecule has 17 heavy (non-hydrogen) atoms. The Balaban J connectivity index is 1.68. The third kappa shape index (κ3) is 3.56. The van der Waals surface area contributed by atoms with Crippen LogP contribution in [0.1, 0.15) is 13.3 Å². The number of hydrogen-bond donors (Lipinski definition) is 2. The maximum atomic E-state index is 11.8. The molecule has 2 N–H and O–H groups in total. The molecule has 1 amide bonds. The van der Waals surface area contributed by atoms with Crippen LogP contribution in [-0.2, 0) is 11.3 Å². The fraction of sp³-hybridized carbons (Fsp3) is 0.667. The zero-order valence-corrected chi connectivity index (χ0v) is 10.2. The molecule has 5 heteroatoms. The molecule has 94 valence electrons. The summed E-state index contributed by atoms with van der Waals surface area (Å²) < 4.78 is 1.90. The number of rotatable bonds is 5. The van der Waals surface area contributed by atoms with Gasteiger partial charge in [-0.2, -0.15) is 5.10 Å². The van der Waals surface area contributed by atoms with Crippen LogP contribution in [0.4, 0.5) is 0 Å². The van der Waals surface area contributed by atoms with E-state index in [-0.39, 0.29) is 11.8 Å². The number of carbonyl (C=O) groups is 1. The Morgan fingerprint density at radius 2 is 2.59 bits per heavy atom. The molecule has 2 unspecified atom stereocenters. The lowest BCUT2D eigenvalue weighted by molar-refractivity contribution is -0.124. The molecule has 1 aromatic rings. The van der Waals surface area contributed by atoms with Crippen LogP contribution in [0.2, 0.25) is 0 Å². The van der Waals surface area contributed by atoms with Gasteiger partial charge in [0.2, 0.25) is 5.91 Å². The van der Waals surface area contributed by atoms with Gasteiger partial charge in [-0.05, 0) is 24.9 Å². The van der Waals surface area contributed by atoms with E-state index in [0.717, 1.165) is 32.6 Å². The topological polar surface area (TPSA) is 59.0 Å². The fourth-order valence-corrected chi connectivity index (χ4v) is 2.09. The first-order valence-corrected chi connectivity index (χ1v) is 6.21. The average Bonchev–Trinajstić information content (AvgIpc) is 2.97. The predicted molar refractivity (Wildman–Crippen MR) is 65.4 cm³/mol. The number of nitrogens with one attached hydrogen (secondary N) is 2. The smallest absolute Gasteiger partial charge is 0.224 e. The number of carbonyl (C=O) groups excluding carboxylic acids is 1. The maximum absolute atomic E-state index is 11.8. The lowest BCUT2D eigenvalue weighted by atomic mass is 10.1. The SMILES string of the molecule is CC(CNC(=O)C1CCNC1)Cn1cccn1. The first kappa shape index (κ1) is 12.1. The second-order valence-corrected chi connectivity index (χ2v) is 4.77. The molecule has 1 saturated heterocycles. The standard InChI is InChI=1S/C12H20N4O/c1-10(9-16-6-2-4-15-16)7-14-12(17)11-3-5-13-8-11/h2,4,6,10-11,13H,3,5,7-9H2,1H3,(H,14,17). The van der Waals surface area contributed by atoms with Crippen LogP contribution in [0.25, 0.3) is 0 Å². The van der Waals surface area contributed by atoms with E-state index >= 15 is 0 Å². The molecule has 2 atom stereocenters. The van der Waals surface area contributed by atoms with E-state index in [0.29, 0.717) is 5.92 Å². The van der Waals surface area contributed by atoms with Gasteiger partial charge in [-0.15, -0.1) is 0 Å². The Morgan fingerprint density at radius 3 is 3.24 bits per heavy atom. The quantitative estimate of drug-likeness (QED) is 0.770. The summed E-state index contributed by atoms with van der Waals surface area (Å²) in [5, 5.41) is 10.4. The molecule has 0 radical (unpaired) electrons. The maximum Gasteiger partial charge on any atom is 0.224 e. The van der Waals surface area contributed by atoms with Crippen molar-refractivity contribution in [1.29, 1.82) is 0 Å². The van der Waals surface area contributed by atoms with Crippen molar-refractivity contribution in [1.82, 2.24) is 20.4 Å². The van der Waals surface area contributed by atoms with Gasteiger partial charge in [0, 0.05) is 32.0 Å². The van der Waals surface area contributed by atoms with E-state index < -0.39 is 0 Å². The zero-order chi connectivity index (χ0) is 12.1. The van der Waals surface area contributed by atoms with Crippen LogP contribution in [-0.4, -0.2) is 35.3 Å². The third-order valence-electron chi connectivity index (χ3n) is 3.11. The van der Waals surface area contributed by atoms with E-state index in [9.17, 15) is 4.79 Å². The van der Waals surface area contributed by atoms with Gasteiger partial charge in [-0.1, -0.05) is 6.92 Å². The highest BCUT2D eigenvalue weighted by molar-refractivity contribution is 5.79. The van der Waals surface area contributed by atoms with Crippen LogP contribution < -0.4 is 10.6 Å². The Labute approximate surface area is 102 Å². The number of aromatic nitrogens is 2. The summed E-state index contributed by atoms with van der Waals surface area (Å²) in [7, 11) is 0. The molecule has 0 spiro atoms. The summed E-state index contributed by atoms with van der Waals surface area (Å²) >= 11 is 0. The van der Waals surface area contributed by atoms with Gasteiger partial charge in [0.05, 0.1) is 5.92 Å². The summed E-state index contributed by atoms with van der Waals surface area (Å²) in [6, 6.07) is 1.91. The van der Waals surface area contributed by atoms with Crippen molar-refractivity contribution in [3.8, 4) is 0 Å². The van der Waals surface area contributed by atoms with E-state index in [1.807, 2.05) is 16.9 Å². The van der Waals surface area contributed by atoms with E-state index in [2.05, 4.69) is 22.7 Å². The monoisotopic (exact) mass is 236 g/mol. The van der Waals surface area contributed by atoms with Crippen molar-refractivity contribution >= 4 is 5.91 Å². The van der Waals surface area contributed by atoms with Crippen molar-refractivity contribution in [3.05, 3.63) is 18.5 Å². The first-order valence-electron chi connectivity index (χ1n) is 6.21.